The zero-order valence-electron chi connectivity index (χ0n) is 17.3. The van der Waals surface area contributed by atoms with Crippen molar-refractivity contribution in [1.29, 1.82) is 0 Å². The summed E-state index contributed by atoms with van der Waals surface area (Å²) in [6.45, 7) is 0. The third-order valence-corrected chi connectivity index (χ3v) is 7.39. The molecule has 0 heterocycles. The number of nitro benzene ring substituents is 1. The topological polar surface area (TPSA) is 72.6 Å². The molecule has 0 amide bonds. The van der Waals surface area contributed by atoms with E-state index in [2.05, 4.69) is 0 Å². The molecular weight excluding hydrogens is 402 g/mol. The number of methoxy groups -OCH3 is 1. The Morgan fingerprint density at radius 2 is 1.57 bits per heavy atom. The minimum absolute atomic E-state index is 0.0755. The van der Waals surface area contributed by atoms with E-state index < -0.39 is 10.5 Å². The lowest BCUT2D eigenvalue weighted by Gasteiger charge is -2.41. The Bertz CT molecular complexity index is 917. The number of hydrogen-bond donors (Lipinski definition) is 1. The lowest BCUT2D eigenvalue weighted by Crippen LogP contribution is -2.41. The van der Waals surface area contributed by atoms with Gasteiger partial charge in [0.05, 0.1) is 28.2 Å². The first-order chi connectivity index (χ1) is 14.5. The molecule has 0 bridgehead atoms. The number of ether oxygens (including phenoxy) is 1. The summed E-state index contributed by atoms with van der Waals surface area (Å²) >= 11 is 6.54. The molecule has 2 aliphatic rings. The number of hydrogen-bond acceptors (Lipinski definition) is 4. The maximum atomic E-state index is 12.4. The standard InChI is InChI=1S/C24H28ClNO4/c1-30-21-15-6-12-18(22(21)23-19(25)13-7-14-20(23)26(28)29)24(27,16-8-2-3-9-16)17-10-4-5-11-17/h6-7,12-17,27H,2-5,8-11H2,1H3. The van der Waals surface area contributed by atoms with Crippen LogP contribution in [0.1, 0.15) is 56.9 Å². The SMILES string of the molecule is COc1cccc(C(O)(C2CCCC2)C2CCCC2)c1-c1c(Cl)cccc1[N+](=O)[O-]. The molecule has 2 aromatic carbocycles. The number of nitro groups is 1. The highest BCUT2D eigenvalue weighted by atomic mass is 35.5. The molecule has 5 nitrogen and oxygen atoms in total. The van der Waals surface area contributed by atoms with Gasteiger partial charge in [0, 0.05) is 11.6 Å². The monoisotopic (exact) mass is 429 g/mol. The van der Waals surface area contributed by atoms with Gasteiger partial charge in [0.2, 0.25) is 0 Å². The highest BCUT2D eigenvalue weighted by Crippen LogP contribution is 2.55. The highest BCUT2D eigenvalue weighted by Gasteiger charge is 2.48. The fourth-order valence-electron chi connectivity index (χ4n) is 5.71. The van der Waals surface area contributed by atoms with Crippen molar-refractivity contribution in [3.63, 3.8) is 0 Å². The zero-order chi connectivity index (χ0) is 21.3. The van der Waals surface area contributed by atoms with Crippen LogP contribution >= 0.6 is 11.6 Å². The summed E-state index contributed by atoms with van der Waals surface area (Å²) < 4.78 is 5.66. The Balaban J connectivity index is 2.01. The molecule has 0 atom stereocenters. The Morgan fingerprint density at radius 1 is 1.00 bits per heavy atom. The minimum Gasteiger partial charge on any atom is -0.496 e. The zero-order valence-corrected chi connectivity index (χ0v) is 18.0. The summed E-state index contributed by atoms with van der Waals surface area (Å²) in [6, 6.07) is 10.3. The summed E-state index contributed by atoms with van der Waals surface area (Å²) in [4.78, 5) is 11.4. The molecule has 2 fully saturated rings. The second kappa shape index (κ2) is 8.56. The van der Waals surface area contributed by atoms with Crippen molar-refractivity contribution >= 4 is 17.3 Å². The van der Waals surface area contributed by atoms with Crippen LogP contribution in [-0.2, 0) is 5.60 Å². The van der Waals surface area contributed by atoms with Crippen molar-refractivity contribution in [2.45, 2.75) is 57.0 Å². The molecule has 1 N–H and O–H groups in total. The van der Waals surface area contributed by atoms with Gasteiger partial charge in [-0.05, 0) is 55.2 Å². The minimum atomic E-state index is -1.05. The molecule has 0 saturated heterocycles. The van der Waals surface area contributed by atoms with E-state index in [1.807, 2.05) is 12.1 Å². The molecule has 0 unspecified atom stereocenters. The first kappa shape index (κ1) is 21.1. The molecule has 4 rings (SSSR count). The van der Waals surface area contributed by atoms with Crippen molar-refractivity contribution in [3.05, 3.63) is 57.1 Å². The van der Waals surface area contributed by atoms with E-state index in [0.717, 1.165) is 56.9 Å². The molecular formula is C24H28ClNO4. The van der Waals surface area contributed by atoms with Crippen molar-refractivity contribution in [3.8, 4) is 16.9 Å². The smallest absolute Gasteiger partial charge is 0.278 e. The lowest BCUT2D eigenvalue weighted by molar-refractivity contribution is -0.384. The van der Waals surface area contributed by atoms with Gasteiger partial charge in [-0.1, -0.05) is 55.5 Å². The molecule has 2 aliphatic carbocycles. The van der Waals surface area contributed by atoms with Gasteiger partial charge in [0.15, 0.2) is 0 Å². The van der Waals surface area contributed by atoms with E-state index in [9.17, 15) is 15.2 Å². The predicted octanol–water partition coefficient (Wildman–Crippen LogP) is 6.49. The summed E-state index contributed by atoms with van der Waals surface area (Å²) in [5.41, 5.74) is 0.471. The maximum absolute atomic E-state index is 12.4. The molecule has 0 aliphatic heterocycles. The normalized spacial score (nSPS) is 18.1. The second-order valence-corrected chi connectivity index (χ2v) is 8.97. The molecule has 30 heavy (non-hydrogen) atoms. The maximum Gasteiger partial charge on any atom is 0.278 e. The Morgan fingerprint density at radius 3 is 2.10 bits per heavy atom. The number of benzene rings is 2. The molecule has 0 radical (unpaired) electrons. The van der Waals surface area contributed by atoms with Gasteiger partial charge in [-0.2, -0.15) is 0 Å². The molecule has 0 spiro atoms. The van der Waals surface area contributed by atoms with E-state index in [4.69, 9.17) is 16.3 Å². The van der Waals surface area contributed by atoms with E-state index in [-0.39, 0.29) is 22.5 Å². The predicted molar refractivity (Wildman–Crippen MR) is 118 cm³/mol. The van der Waals surface area contributed by atoms with E-state index in [0.29, 0.717) is 16.9 Å². The lowest BCUT2D eigenvalue weighted by atomic mass is 9.68. The molecule has 2 aromatic rings. The molecule has 2 saturated carbocycles. The number of nitrogens with zero attached hydrogens (tertiary/aromatic N) is 1. The Hall–Kier alpha value is -2.11. The number of halogens is 1. The van der Waals surface area contributed by atoms with Crippen molar-refractivity contribution < 1.29 is 14.8 Å². The average molecular weight is 430 g/mol. The van der Waals surface area contributed by atoms with Gasteiger partial charge >= 0.3 is 0 Å². The van der Waals surface area contributed by atoms with Crippen molar-refractivity contribution in [2.75, 3.05) is 7.11 Å². The van der Waals surface area contributed by atoms with Crippen LogP contribution < -0.4 is 4.74 Å². The highest BCUT2D eigenvalue weighted by molar-refractivity contribution is 6.34. The Kier molecular flexibility index (Phi) is 6.03. The second-order valence-electron chi connectivity index (χ2n) is 8.56. The summed E-state index contributed by atoms with van der Waals surface area (Å²) in [6.07, 6.45) is 8.28. The van der Waals surface area contributed by atoms with Gasteiger partial charge in [0.25, 0.3) is 5.69 Å². The summed E-state index contributed by atoms with van der Waals surface area (Å²) in [5.74, 6) is 0.763. The number of aliphatic hydroxyl groups is 1. The fourth-order valence-corrected chi connectivity index (χ4v) is 5.97. The van der Waals surface area contributed by atoms with Crippen LogP contribution in [0.4, 0.5) is 5.69 Å². The summed E-state index contributed by atoms with van der Waals surface area (Å²) in [7, 11) is 1.55. The molecule has 160 valence electrons. The van der Waals surface area contributed by atoms with Crippen LogP contribution in [0.15, 0.2) is 36.4 Å². The molecule has 6 heteroatoms. The van der Waals surface area contributed by atoms with E-state index in [1.165, 1.54) is 6.07 Å². The van der Waals surface area contributed by atoms with Crippen molar-refractivity contribution in [1.82, 2.24) is 0 Å². The van der Waals surface area contributed by atoms with Gasteiger partial charge < -0.3 is 9.84 Å². The third-order valence-electron chi connectivity index (χ3n) is 7.07. The largest absolute Gasteiger partial charge is 0.496 e. The van der Waals surface area contributed by atoms with Crippen LogP contribution in [0.5, 0.6) is 5.75 Å². The quantitative estimate of drug-likeness (QED) is 0.420. The van der Waals surface area contributed by atoms with Gasteiger partial charge in [-0.25, -0.2) is 0 Å². The van der Waals surface area contributed by atoms with Gasteiger partial charge in [0.1, 0.15) is 5.75 Å². The Labute approximate surface area is 182 Å². The number of rotatable bonds is 6. The first-order valence-corrected chi connectivity index (χ1v) is 11.2. The first-order valence-electron chi connectivity index (χ1n) is 10.8. The summed E-state index contributed by atoms with van der Waals surface area (Å²) in [5, 5.41) is 24.5. The van der Waals surface area contributed by atoms with Crippen LogP contribution in [0.3, 0.4) is 0 Å². The van der Waals surface area contributed by atoms with E-state index >= 15 is 0 Å². The van der Waals surface area contributed by atoms with Crippen LogP contribution in [-0.4, -0.2) is 17.1 Å². The van der Waals surface area contributed by atoms with Crippen LogP contribution in [0.25, 0.3) is 11.1 Å². The fraction of sp³-hybridized carbons (Fsp3) is 0.500. The average Bonchev–Trinajstić information content (AvgIpc) is 3.47. The third kappa shape index (κ3) is 3.48. The molecule has 0 aromatic heterocycles. The van der Waals surface area contributed by atoms with Crippen molar-refractivity contribution in [2.24, 2.45) is 11.8 Å². The van der Waals surface area contributed by atoms with Gasteiger partial charge in [-0.3, -0.25) is 10.1 Å². The van der Waals surface area contributed by atoms with Crippen LogP contribution in [0.2, 0.25) is 5.02 Å². The van der Waals surface area contributed by atoms with E-state index in [1.54, 1.807) is 25.3 Å². The van der Waals surface area contributed by atoms with Gasteiger partial charge in [-0.15, -0.1) is 0 Å². The van der Waals surface area contributed by atoms with Crippen LogP contribution in [0, 0.1) is 22.0 Å².